The molecule has 25 heavy (non-hydrogen) atoms. The maximum Gasteiger partial charge on any atom is 0.123 e. The fourth-order valence-electron chi connectivity index (χ4n) is 3.77. The molecular formula is C21H25FN2O. The van der Waals surface area contributed by atoms with Crippen LogP contribution in [0.25, 0.3) is 0 Å². The van der Waals surface area contributed by atoms with Crippen molar-refractivity contribution in [3.8, 4) is 5.75 Å². The second kappa shape index (κ2) is 7.54. The van der Waals surface area contributed by atoms with Crippen LogP contribution in [0.2, 0.25) is 0 Å². The number of halogens is 1. The summed E-state index contributed by atoms with van der Waals surface area (Å²) in [5.41, 5.74) is 2.52. The molecular weight excluding hydrogens is 315 g/mol. The average molecular weight is 340 g/mol. The fraction of sp³-hybridized carbons (Fsp3) is 0.429. The molecule has 2 aromatic rings. The van der Waals surface area contributed by atoms with Crippen LogP contribution in [-0.2, 0) is 13.0 Å². The first-order valence-electron chi connectivity index (χ1n) is 9.20. The second-order valence-corrected chi connectivity index (χ2v) is 7.09. The zero-order valence-electron chi connectivity index (χ0n) is 14.5. The summed E-state index contributed by atoms with van der Waals surface area (Å²) in [5, 5.41) is 0. The van der Waals surface area contributed by atoms with E-state index < -0.39 is 0 Å². The van der Waals surface area contributed by atoms with E-state index in [1.807, 2.05) is 12.1 Å². The third kappa shape index (κ3) is 4.20. The van der Waals surface area contributed by atoms with Crippen molar-refractivity contribution in [2.45, 2.75) is 25.5 Å². The van der Waals surface area contributed by atoms with Crippen molar-refractivity contribution in [3.05, 3.63) is 65.5 Å². The predicted molar refractivity (Wildman–Crippen MR) is 97.3 cm³/mol. The number of fused-ring (bicyclic) bond motifs is 1. The average Bonchev–Trinajstić information content (AvgIpc) is 2.65. The molecule has 2 aromatic carbocycles. The molecule has 1 unspecified atom stereocenters. The van der Waals surface area contributed by atoms with Crippen LogP contribution >= 0.6 is 0 Å². The molecule has 4 heteroatoms. The maximum atomic E-state index is 13.0. The first-order valence-corrected chi connectivity index (χ1v) is 9.20. The highest BCUT2D eigenvalue weighted by Crippen LogP contribution is 2.27. The SMILES string of the molecule is Fc1ccc(CN2CCN(CC3CCc4ccccc4O3)CC2)cc1. The van der Waals surface area contributed by atoms with Gasteiger partial charge in [-0.05, 0) is 42.2 Å². The van der Waals surface area contributed by atoms with Crippen molar-refractivity contribution < 1.29 is 9.13 Å². The van der Waals surface area contributed by atoms with Gasteiger partial charge in [0, 0.05) is 39.3 Å². The molecule has 1 atom stereocenters. The van der Waals surface area contributed by atoms with Gasteiger partial charge in [-0.1, -0.05) is 30.3 Å². The second-order valence-electron chi connectivity index (χ2n) is 7.09. The number of benzene rings is 2. The quantitative estimate of drug-likeness (QED) is 0.849. The highest BCUT2D eigenvalue weighted by Gasteiger charge is 2.24. The summed E-state index contributed by atoms with van der Waals surface area (Å²) < 4.78 is 19.2. The Labute approximate surface area is 149 Å². The molecule has 3 nitrogen and oxygen atoms in total. The van der Waals surface area contributed by atoms with Crippen LogP contribution in [0.3, 0.4) is 0 Å². The molecule has 4 rings (SSSR count). The van der Waals surface area contributed by atoms with Gasteiger partial charge in [0.25, 0.3) is 0 Å². The lowest BCUT2D eigenvalue weighted by Crippen LogP contribution is -2.49. The number of nitrogens with zero attached hydrogens (tertiary/aromatic N) is 2. The Kier molecular flexibility index (Phi) is 4.99. The van der Waals surface area contributed by atoms with Crippen LogP contribution in [-0.4, -0.2) is 48.6 Å². The molecule has 2 heterocycles. The van der Waals surface area contributed by atoms with Crippen molar-refractivity contribution in [3.63, 3.8) is 0 Å². The zero-order valence-corrected chi connectivity index (χ0v) is 14.5. The molecule has 1 saturated heterocycles. The number of rotatable bonds is 4. The van der Waals surface area contributed by atoms with E-state index in [0.29, 0.717) is 6.10 Å². The molecule has 2 aliphatic heterocycles. The highest BCUT2D eigenvalue weighted by molar-refractivity contribution is 5.35. The summed E-state index contributed by atoms with van der Waals surface area (Å²) in [7, 11) is 0. The van der Waals surface area contributed by atoms with Crippen molar-refractivity contribution in [2.75, 3.05) is 32.7 Å². The summed E-state index contributed by atoms with van der Waals surface area (Å²) in [6.45, 7) is 6.17. The summed E-state index contributed by atoms with van der Waals surface area (Å²) in [5.74, 6) is 0.899. The van der Waals surface area contributed by atoms with E-state index in [2.05, 4.69) is 34.1 Å². The number of hydrogen-bond donors (Lipinski definition) is 0. The third-order valence-electron chi connectivity index (χ3n) is 5.25. The minimum Gasteiger partial charge on any atom is -0.489 e. The molecule has 1 fully saturated rings. The van der Waals surface area contributed by atoms with Gasteiger partial charge in [0.1, 0.15) is 17.7 Å². The van der Waals surface area contributed by atoms with Crippen LogP contribution in [0.5, 0.6) is 5.75 Å². The zero-order chi connectivity index (χ0) is 17.1. The van der Waals surface area contributed by atoms with Gasteiger partial charge in [-0.15, -0.1) is 0 Å². The number of ether oxygens (including phenoxy) is 1. The number of aryl methyl sites for hydroxylation is 1. The lowest BCUT2D eigenvalue weighted by atomic mass is 10.0. The monoisotopic (exact) mass is 340 g/mol. The minimum atomic E-state index is -0.164. The van der Waals surface area contributed by atoms with Gasteiger partial charge < -0.3 is 4.74 Å². The Morgan fingerprint density at radius 3 is 2.44 bits per heavy atom. The van der Waals surface area contributed by atoms with Gasteiger partial charge in [-0.25, -0.2) is 4.39 Å². The normalized spacial score (nSPS) is 21.6. The molecule has 0 saturated carbocycles. The predicted octanol–water partition coefficient (Wildman–Crippen LogP) is 3.34. The van der Waals surface area contributed by atoms with E-state index in [0.717, 1.165) is 57.9 Å². The number of para-hydroxylation sites is 1. The van der Waals surface area contributed by atoms with E-state index in [1.165, 1.54) is 11.1 Å². The minimum absolute atomic E-state index is 0.164. The van der Waals surface area contributed by atoms with Crippen molar-refractivity contribution in [2.24, 2.45) is 0 Å². The van der Waals surface area contributed by atoms with Crippen LogP contribution in [0, 0.1) is 5.82 Å². The lowest BCUT2D eigenvalue weighted by Gasteiger charge is -2.37. The van der Waals surface area contributed by atoms with Gasteiger partial charge in [-0.3, -0.25) is 9.80 Å². The van der Waals surface area contributed by atoms with Gasteiger partial charge in [0.15, 0.2) is 0 Å². The van der Waals surface area contributed by atoms with E-state index in [9.17, 15) is 4.39 Å². The first kappa shape index (κ1) is 16.6. The molecule has 2 aliphatic rings. The molecule has 0 aromatic heterocycles. The summed E-state index contributed by atoms with van der Waals surface area (Å²) in [6.07, 6.45) is 2.52. The van der Waals surface area contributed by atoms with Crippen LogP contribution in [0.4, 0.5) is 4.39 Å². The maximum absolute atomic E-state index is 13.0. The Morgan fingerprint density at radius 2 is 1.64 bits per heavy atom. The van der Waals surface area contributed by atoms with Crippen molar-refractivity contribution >= 4 is 0 Å². The van der Waals surface area contributed by atoms with Crippen molar-refractivity contribution in [1.82, 2.24) is 9.80 Å². The summed E-state index contributed by atoms with van der Waals surface area (Å²) in [4.78, 5) is 4.96. The van der Waals surface area contributed by atoms with E-state index in [-0.39, 0.29) is 5.82 Å². The lowest BCUT2D eigenvalue weighted by molar-refractivity contribution is 0.0722. The Bertz CT molecular complexity index is 695. The van der Waals surface area contributed by atoms with Crippen molar-refractivity contribution in [1.29, 1.82) is 0 Å². The fourth-order valence-corrected chi connectivity index (χ4v) is 3.77. The molecule has 132 valence electrons. The van der Waals surface area contributed by atoms with Crippen LogP contribution in [0.15, 0.2) is 48.5 Å². The van der Waals surface area contributed by atoms with E-state index in [4.69, 9.17) is 4.74 Å². The summed E-state index contributed by atoms with van der Waals surface area (Å²) in [6, 6.07) is 15.2. The molecule has 0 aliphatic carbocycles. The van der Waals surface area contributed by atoms with E-state index >= 15 is 0 Å². The van der Waals surface area contributed by atoms with Gasteiger partial charge in [0.05, 0.1) is 0 Å². The molecule has 0 bridgehead atoms. The van der Waals surface area contributed by atoms with Gasteiger partial charge in [-0.2, -0.15) is 0 Å². The first-order chi connectivity index (χ1) is 12.3. The summed E-state index contributed by atoms with van der Waals surface area (Å²) >= 11 is 0. The Balaban J connectivity index is 1.25. The molecule has 0 radical (unpaired) electrons. The van der Waals surface area contributed by atoms with E-state index in [1.54, 1.807) is 12.1 Å². The Morgan fingerprint density at radius 1 is 0.920 bits per heavy atom. The number of hydrogen-bond acceptors (Lipinski definition) is 3. The number of piperazine rings is 1. The van der Waals surface area contributed by atoms with Crippen LogP contribution < -0.4 is 4.74 Å². The Hall–Kier alpha value is -1.91. The van der Waals surface area contributed by atoms with Gasteiger partial charge >= 0.3 is 0 Å². The van der Waals surface area contributed by atoms with Gasteiger partial charge in [0.2, 0.25) is 0 Å². The largest absolute Gasteiger partial charge is 0.489 e. The molecule has 0 spiro atoms. The molecule has 0 N–H and O–H groups in total. The highest BCUT2D eigenvalue weighted by atomic mass is 19.1. The smallest absolute Gasteiger partial charge is 0.123 e. The topological polar surface area (TPSA) is 15.7 Å². The third-order valence-corrected chi connectivity index (χ3v) is 5.25. The standard InChI is InChI=1S/C21H25FN2O/c22-19-8-5-17(6-9-19)15-23-11-13-24(14-12-23)16-20-10-7-18-3-1-2-4-21(18)25-20/h1-6,8-9,20H,7,10-16H2. The van der Waals surface area contributed by atoms with Crippen LogP contribution in [0.1, 0.15) is 17.5 Å². The molecule has 0 amide bonds.